The molecular formula is C21H25N3O4. The summed E-state index contributed by atoms with van der Waals surface area (Å²) in [6.07, 6.45) is 0.799. The molecule has 2 amide bonds. The van der Waals surface area contributed by atoms with Crippen LogP contribution in [0.25, 0.3) is 0 Å². The molecule has 4 rings (SSSR count). The van der Waals surface area contributed by atoms with Gasteiger partial charge in [0.1, 0.15) is 5.75 Å². The second-order valence-electron chi connectivity index (χ2n) is 6.84. The average Bonchev–Trinajstić information content (AvgIpc) is 3.22. The topological polar surface area (TPSA) is 63.3 Å². The van der Waals surface area contributed by atoms with E-state index in [0.717, 1.165) is 42.4 Å². The summed E-state index contributed by atoms with van der Waals surface area (Å²) in [4.78, 5) is 16.6. The highest BCUT2D eigenvalue weighted by Crippen LogP contribution is 2.35. The van der Waals surface area contributed by atoms with Crippen molar-refractivity contribution in [2.75, 3.05) is 51.5 Å². The second-order valence-corrected chi connectivity index (χ2v) is 6.84. The van der Waals surface area contributed by atoms with Crippen LogP contribution in [0.15, 0.2) is 42.5 Å². The Kier molecular flexibility index (Phi) is 5.41. The SMILES string of the molecule is COc1ccc(CCNC(=O)N2CCN(c3ccc4c(c3)OCO4)CC2)cc1. The van der Waals surface area contributed by atoms with Crippen molar-refractivity contribution >= 4 is 11.7 Å². The normalized spacial score (nSPS) is 15.5. The molecule has 2 aliphatic rings. The fourth-order valence-electron chi connectivity index (χ4n) is 3.47. The van der Waals surface area contributed by atoms with Crippen molar-refractivity contribution in [3.05, 3.63) is 48.0 Å². The Morgan fingerprint density at radius 1 is 1.04 bits per heavy atom. The van der Waals surface area contributed by atoms with Crippen LogP contribution in [0.3, 0.4) is 0 Å². The largest absolute Gasteiger partial charge is 0.497 e. The summed E-state index contributed by atoms with van der Waals surface area (Å²) < 4.78 is 16.0. The number of anilines is 1. The molecule has 0 unspecified atom stereocenters. The quantitative estimate of drug-likeness (QED) is 0.860. The first-order valence-corrected chi connectivity index (χ1v) is 9.53. The summed E-state index contributed by atoms with van der Waals surface area (Å²) in [5.74, 6) is 2.42. The van der Waals surface area contributed by atoms with Gasteiger partial charge in [-0.05, 0) is 36.2 Å². The fraction of sp³-hybridized carbons (Fsp3) is 0.381. The van der Waals surface area contributed by atoms with E-state index in [1.807, 2.05) is 47.4 Å². The number of nitrogens with one attached hydrogen (secondary N) is 1. The highest BCUT2D eigenvalue weighted by molar-refractivity contribution is 5.74. The van der Waals surface area contributed by atoms with Gasteiger partial charge >= 0.3 is 6.03 Å². The van der Waals surface area contributed by atoms with Crippen molar-refractivity contribution in [3.63, 3.8) is 0 Å². The number of carbonyl (C=O) groups excluding carboxylic acids is 1. The first-order valence-electron chi connectivity index (χ1n) is 9.53. The lowest BCUT2D eigenvalue weighted by atomic mass is 10.1. The number of hydrogen-bond acceptors (Lipinski definition) is 5. The van der Waals surface area contributed by atoms with Crippen molar-refractivity contribution in [1.82, 2.24) is 10.2 Å². The number of fused-ring (bicyclic) bond motifs is 1. The van der Waals surface area contributed by atoms with Gasteiger partial charge in [0.2, 0.25) is 6.79 Å². The van der Waals surface area contributed by atoms with Crippen molar-refractivity contribution in [2.45, 2.75) is 6.42 Å². The minimum absolute atomic E-state index is 0.00107. The molecule has 28 heavy (non-hydrogen) atoms. The smallest absolute Gasteiger partial charge is 0.317 e. The molecule has 0 atom stereocenters. The second kappa shape index (κ2) is 8.29. The number of methoxy groups -OCH3 is 1. The van der Waals surface area contributed by atoms with Gasteiger partial charge in [-0.1, -0.05) is 12.1 Å². The Labute approximate surface area is 164 Å². The summed E-state index contributed by atoms with van der Waals surface area (Å²) in [6.45, 7) is 3.89. The van der Waals surface area contributed by atoms with E-state index in [0.29, 0.717) is 19.6 Å². The van der Waals surface area contributed by atoms with E-state index in [1.54, 1.807) is 7.11 Å². The molecule has 2 heterocycles. The van der Waals surface area contributed by atoms with E-state index >= 15 is 0 Å². The van der Waals surface area contributed by atoms with Gasteiger partial charge in [0.25, 0.3) is 0 Å². The van der Waals surface area contributed by atoms with Crippen LogP contribution in [0.1, 0.15) is 5.56 Å². The fourth-order valence-corrected chi connectivity index (χ4v) is 3.47. The molecule has 0 bridgehead atoms. The summed E-state index contributed by atoms with van der Waals surface area (Å²) in [6, 6.07) is 13.9. The predicted molar refractivity (Wildman–Crippen MR) is 106 cm³/mol. The Bertz CT molecular complexity index is 817. The van der Waals surface area contributed by atoms with E-state index in [2.05, 4.69) is 10.2 Å². The monoisotopic (exact) mass is 383 g/mol. The number of nitrogens with zero attached hydrogens (tertiary/aromatic N) is 2. The molecule has 2 aromatic rings. The van der Waals surface area contributed by atoms with Crippen LogP contribution >= 0.6 is 0 Å². The zero-order chi connectivity index (χ0) is 19.3. The van der Waals surface area contributed by atoms with E-state index in [1.165, 1.54) is 5.56 Å². The van der Waals surface area contributed by atoms with Crippen LogP contribution in [-0.4, -0.2) is 57.6 Å². The van der Waals surface area contributed by atoms with Crippen LogP contribution in [0.2, 0.25) is 0 Å². The molecule has 0 spiro atoms. The molecule has 7 nitrogen and oxygen atoms in total. The van der Waals surface area contributed by atoms with Gasteiger partial charge in [-0.15, -0.1) is 0 Å². The van der Waals surface area contributed by atoms with Crippen molar-refractivity contribution < 1.29 is 19.0 Å². The summed E-state index contributed by atoms with van der Waals surface area (Å²) in [5.41, 5.74) is 2.28. The molecule has 148 valence electrons. The maximum atomic E-state index is 12.4. The molecular weight excluding hydrogens is 358 g/mol. The average molecular weight is 383 g/mol. The van der Waals surface area contributed by atoms with E-state index < -0.39 is 0 Å². The third-order valence-electron chi connectivity index (χ3n) is 5.14. The van der Waals surface area contributed by atoms with Crippen LogP contribution < -0.4 is 24.4 Å². The Morgan fingerprint density at radius 3 is 2.54 bits per heavy atom. The number of ether oxygens (including phenoxy) is 3. The van der Waals surface area contributed by atoms with Crippen LogP contribution in [0.5, 0.6) is 17.2 Å². The number of amides is 2. The van der Waals surface area contributed by atoms with E-state index in [4.69, 9.17) is 14.2 Å². The lowest BCUT2D eigenvalue weighted by Gasteiger charge is -2.36. The van der Waals surface area contributed by atoms with Gasteiger partial charge in [-0.3, -0.25) is 0 Å². The third-order valence-corrected chi connectivity index (χ3v) is 5.14. The molecule has 2 aromatic carbocycles. The highest BCUT2D eigenvalue weighted by atomic mass is 16.7. The first-order chi connectivity index (χ1) is 13.7. The number of hydrogen-bond donors (Lipinski definition) is 1. The van der Waals surface area contributed by atoms with Crippen molar-refractivity contribution in [3.8, 4) is 17.2 Å². The molecule has 2 aliphatic heterocycles. The maximum absolute atomic E-state index is 12.4. The zero-order valence-electron chi connectivity index (χ0n) is 16.0. The molecule has 1 N–H and O–H groups in total. The minimum Gasteiger partial charge on any atom is -0.497 e. The minimum atomic E-state index is -0.00107. The van der Waals surface area contributed by atoms with Gasteiger partial charge in [-0.25, -0.2) is 4.79 Å². The molecule has 0 aliphatic carbocycles. The lowest BCUT2D eigenvalue weighted by Crippen LogP contribution is -2.52. The van der Waals surface area contributed by atoms with Crippen LogP contribution in [-0.2, 0) is 6.42 Å². The highest BCUT2D eigenvalue weighted by Gasteiger charge is 2.22. The predicted octanol–water partition coefficient (Wildman–Crippen LogP) is 2.50. The standard InChI is InChI=1S/C21H25N3O4/c1-26-18-5-2-16(3-6-18)8-9-22-21(25)24-12-10-23(11-13-24)17-4-7-19-20(14-17)28-15-27-19/h2-7,14H,8-13,15H2,1H3,(H,22,25). The summed E-state index contributed by atoms with van der Waals surface area (Å²) in [7, 11) is 1.65. The van der Waals surface area contributed by atoms with Crippen LogP contribution in [0.4, 0.5) is 10.5 Å². The van der Waals surface area contributed by atoms with E-state index in [9.17, 15) is 4.79 Å². The van der Waals surface area contributed by atoms with Crippen LogP contribution in [0, 0.1) is 0 Å². The molecule has 1 fully saturated rings. The summed E-state index contributed by atoms with van der Waals surface area (Å²) >= 11 is 0. The van der Waals surface area contributed by atoms with Gasteiger partial charge < -0.3 is 29.3 Å². The van der Waals surface area contributed by atoms with E-state index in [-0.39, 0.29) is 12.8 Å². The molecule has 0 aromatic heterocycles. The van der Waals surface area contributed by atoms with Crippen molar-refractivity contribution in [2.24, 2.45) is 0 Å². The van der Waals surface area contributed by atoms with Gasteiger partial charge in [0, 0.05) is 44.5 Å². The number of benzene rings is 2. The molecule has 7 heteroatoms. The summed E-state index contributed by atoms with van der Waals surface area (Å²) in [5, 5.41) is 3.02. The third kappa shape index (κ3) is 4.08. The number of urea groups is 1. The van der Waals surface area contributed by atoms with Gasteiger partial charge in [0.05, 0.1) is 7.11 Å². The first kappa shape index (κ1) is 18.3. The number of piperazine rings is 1. The Balaban J connectivity index is 1.22. The lowest BCUT2D eigenvalue weighted by molar-refractivity contribution is 0.174. The zero-order valence-corrected chi connectivity index (χ0v) is 16.0. The molecule has 1 saturated heterocycles. The molecule has 0 radical (unpaired) electrons. The Hall–Kier alpha value is -3.09. The van der Waals surface area contributed by atoms with Gasteiger partial charge in [-0.2, -0.15) is 0 Å². The van der Waals surface area contributed by atoms with Crippen molar-refractivity contribution in [1.29, 1.82) is 0 Å². The number of carbonyl (C=O) groups is 1. The maximum Gasteiger partial charge on any atom is 0.317 e. The van der Waals surface area contributed by atoms with Gasteiger partial charge in [0.15, 0.2) is 11.5 Å². The molecule has 0 saturated carbocycles. The number of rotatable bonds is 5. The Morgan fingerprint density at radius 2 is 1.79 bits per heavy atom.